The average Bonchev–Trinajstić information content (AvgIpc) is 2.59. The molecular weight excluding hydrogens is 258 g/mol. The summed E-state index contributed by atoms with van der Waals surface area (Å²) in [7, 11) is 2.08. The molecule has 1 saturated carbocycles. The van der Waals surface area contributed by atoms with Crippen LogP contribution in [-0.2, 0) is 11.3 Å². The van der Waals surface area contributed by atoms with Gasteiger partial charge in [-0.15, -0.1) is 0 Å². The summed E-state index contributed by atoms with van der Waals surface area (Å²) < 4.78 is 0. The van der Waals surface area contributed by atoms with Gasteiger partial charge in [0.2, 0.25) is 0 Å². The van der Waals surface area contributed by atoms with E-state index in [-0.39, 0.29) is 11.3 Å². The molecule has 104 valence electrons. The van der Waals surface area contributed by atoms with Crippen molar-refractivity contribution in [3.63, 3.8) is 0 Å². The fourth-order valence-electron chi connectivity index (χ4n) is 2.86. The lowest BCUT2D eigenvalue weighted by molar-refractivity contribution is -0.127. The van der Waals surface area contributed by atoms with E-state index in [0.29, 0.717) is 5.78 Å². The Hall–Kier alpha value is -0.860. The molecule has 1 aromatic rings. The molecule has 0 aliphatic heterocycles. The summed E-state index contributed by atoms with van der Waals surface area (Å²) in [5.41, 5.74) is 1.11. The first-order chi connectivity index (χ1) is 8.88. The summed E-state index contributed by atoms with van der Waals surface area (Å²) in [4.78, 5) is 14.4. The SMILES string of the molecule is CN(Cc1ccc(Cl)cc1)CC1CCC(C)(C)C1=O. The highest BCUT2D eigenvalue weighted by atomic mass is 35.5. The lowest BCUT2D eigenvalue weighted by Gasteiger charge is -2.22. The lowest BCUT2D eigenvalue weighted by atomic mass is 9.89. The molecule has 0 spiro atoms. The molecule has 0 aromatic heterocycles. The molecule has 1 aliphatic rings. The third-order valence-electron chi connectivity index (χ3n) is 4.05. The van der Waals surface area contributed by atoms with Gasteiger partial charge < -0.3 is 4.90 Å². The topological polar surface area (TPSA) is 20.3 Å². The van der Waals surface area contributed by atoms with Gasteiger partial charge in [-0.3, -0.25) is 4.79 Å². The Kier molecular flexibility index (Phi) is 4.32. The van der Waals surface area contributed by atoms with Gasteiger partial charge in [-0.05, 0) is 37.6 Å². The van der Waals surface area contributed by atoms with Crippen molar-refractivity contribution < 1.29 is 4.79 Å². The summed E-state index contributed by atoms with van der Waals surface area (Å²) in [5, 5.41) is 0.763. The van der Waals surface area contributed by atoms with Crippen LogP contribution in [0.3, 0.4) is 0 Å². The quantitative estimate of drug-likeness (QED) is 0.836. The molecular formula is C16H22ClNO. The molecule has 0 amide bonds. The van der Waals surface area contributed by atoms with E-state index in [9.17, 15) is 4.79 Å². The van der Waals surface area contributed by atoms with Crippen molar-refractivity contribution in [1.82, 2.24) is 4.90 Å². The van der Waals surface area contributed by atoms with E-state index in [0.717, 1.165) is 31.0 Å². The van der Waals surface area contributed by atoms with Crippen molar-refractivity contribution in [2.24, 2.45) is 11.3 Å². The van der Waals surface area contributed by atoms with Gasteiger partial charge in [0.1, 0.15) is 5.78 Å². The second-order valence-corrected chi connectivity index (χ2v) is 6.74. The molecule has 0 saturated heterocycles. The highest BCUT2D eigenvalue weighted by Crippen LogP contribution is 2.37. The molecule has 0 bridgehead atoms. The first-order valence-electron chi connectivity index (χ1n) is 6.86. The highest BCUT2D eigenvalue weighted by molar-refractivity contribution is 6.30. The number of nitrogens with zero attached hydrogens (tertiary/aromatic N) is 1. The fraction of sp³-hybridized carbons (Fsp3) is 0.562. The lowest BCUT2D eigenvalue weighted by Crippen LogP contribution is -2.31. The number of benzene rings is 1. The number of hydrogen-bond donors (Lipinski definition) is 0. The van der Waals surface area contributed by atoms with Crippen LogP contribution in [0.25, 0.3) is 0 Å². The molecule has 19 heavy (non-hydrogen) atoms. The van der Waals surface area contributed by atoms with E-state index in [1.54, 1.807) is 0 Å². The average molecular weight is 280 g/mol. The third-order valence-corrected chi connectivity index (χ3v) is 4.31. The molecule has 1 aliphatic carbocycles. The molecule has 0 heterocycles. The van der Waals surface area contributed by atoms with Gasteiger partial charge in [0.15, 0.2) is 0 Å². The molecule has 1 fully saturated rings. The van der Waals surface area contributed by atoms with Crippen molar-refractivity contribution in [3.05, 3.63) is 34.9 Å². The van der Waals surface area contributed by atoms with Crippen LogP contribution in [0.1, 0.15) is 32.3 Å². The van der Waals surface area contributed by atoms with Crippen LogP contribution in [-0.4, -0.2) is 24.3 Å². The van der Waals surface area contributed by atoms with Crippen molar-refractivity contribution >= 4 is 17.4 Å². The summed E-state index contributed by atoms with van der Waals surface area (Å²) in [6, 6.07) is 7.90. The minimum absolute atomic E-state index is 0.119. The zero-order valence-electron chi connectivity index (χ0n) is 11.9. The van der Waals surface area contributed by atoms with Gasteiger partial charge in [0.05, 0.1) is 0 Å². The number of hydrogen-bond acceptors (Lipinski definition) is 2. The molecule has 0 radical (unpaired) electrons. The third kappa shape index (κ3) is 3.58. The maximum atomic E-state index is 12.2. The maximum absolute atomic E-state index is 12.2. The van der Waals surface area contributed by atoms with Crippen LogP contribution in [0.5, 0.6) is 0 Å². The Morgan fingerprint density at radius 3 is 2.47 bits per heavy atom. The first-order valence-corrected chi connectivity index (χ1v) is 7.23. The standard InChI is InChI=1S/C16H22ClNO/c1-16(2)9-8-13(15(16)19)11-18(3)10-12-4-6-14(17)7-5-12/h4-7,13H,8-11H2,1-3H3. The predicted octanol–water partition coefficient (Wildman–Crippen LogP) is 3.78. The number of carbonyl (C=O) groups excluding carboxylic acids is 1. The molecule has 2 nitrogen and oxygen atoms in total. The van der Waals surface area contributed by atoms with Crippen LogP contribution in [0, 0.1) is 11.3 Å². The zero-order chi connectivity index (χ0) is 14.0. The van der Waals surface area contributed by atoms with Gasteiger partial charge >= 0.3 is 0 Å². The van der Waals surface area contributed by atoms with Gasteiger partial charge in [-0.1, -0.05) is 37.6 Å². The van der Waals surface area contributed by atoms with E-state index in [1.165, 1.54) is 5.56 Å². The van der Waals surface area contributed by atoms with Crippen molar-refractivity contribution in [3.8, 4) is 0 Å². The van der Waals surface area contributed by atoms with Crippen LogP contribution < -0.4 is 0 Å². The Labute approximate surface area is 120 Å². The van der Waals surface area contributed by atoms with E-state index in [2.05, 4.69) is 25.8 Å². The van der Waals surface area contributed by atoms with E-state index >= 15 is 0 Å². The van der Waals surface area contributed by atoms with Gasteiger partial charge in [-0.2, -0.15) is 0 Å². The number of halogens is 1. The van der Waals surface area contributed by atoms with Crippen LogP contribution in [0.4, 0.5) is 0 Å². The first kappa shape index (κ1) is 14.5. The van der Waals surface area contributed by atoms with Gasteiger partial charge in [0.25, 0.3) is 0 Å². The number of Topliss-reactive ketones (excluding diaryl/α,β-unsaturated/α-hetero) is 1. The Balaban J connectivity index is 1.90. The number of rotatable bonds is 4. The van der Waals surface area contributed by atoms with Crippen molar-refractivity contribution in [2.45, 2.75) is 33.2 Å². The van der Waals surface area contributed by atoms with E-state index < -0.39 is 0 Å². The second kappa shape index (κ2) is 5.64. The van der Waals surface area contributed by atoms with Crippen LogP contribution in [0.2, 0.25) is 5.02 Å². The zero-order valence-corrected chi connectivity index (χ0v) is 12.7. The number of carbonyl (C=O) groups is 1. The summed E-state index contributed by atoms with van der Waals surface area (Å²) in [5.74, 6) is 0.628. The second-order valence-electron chi connectivity index (χ2n) is 6.31. The molecule has 1 aromatic carbocycles. The highest BCUT2D eigenvalue weighted by Gasteiger charge is 2.40. The summed E-state index contributed by atoms with van der Waals surface area (Å²) in [6.07, 6.45) is 2.04. The summed E-state index contributed by atoms with van der Waals surface area (Å²) >= 11 is 5.88. The van der Waals surface area contributed by atoms with E-state index in [1.807, 2.05) is 24.3 Å². The van der Waals surface area contributed by atoms with Crippen LogP contribution >= 0.6 is 11.6 Å². The minimum atomic E-state index is -0.119. The molecule has 3 heteroatoms. The van der Waals surface area contributed by atoms with Crippen molar-refractivity contribution in [2.75, 3.05) is 13.6 Å². The Morgan fingerprint density at radius 1 is 1.32 bits per heavy atom. The molecule has 0 N–H and O–H groups in total. The smallest absolute Gasteiger partial charge is 0.142 e. The van der Waals surface area contributed by atoms with Crippen LogP contribution in [0.15, 0.2) is 24.3 Å². The Bertz CT molecular complexity index is 452. The minimum Gasteiger partial charge on any atom is -0.301 e. The van der Waals surface area contributed by atoms with E-state index in [4.69, 9.17) is 11.6 Å². The van der Waals surface area contributed by atoms with Crippen molar-refractivity contribution in [1.29, 1.82) is 0 Å². The predicted molar refractivity (Wildman–Crippen MR) is 79.3 cm³/mol. The normalized spacial score (nSPS) is 22.2. The number of ketones is 1. The molecule has 2 rings (SSSR count). The maximum Gasteiger partial charge on any atom is 0.142 e. The largest absolute Gasteiger partial charge is 0.301 e. The van der Waals surface area contributed by atoms with Gasteiger partial charge in [0, 0.05) is 29.4 Å². The van der Waals surface area contributed by atoms with Gasteiger partial charge in [-0.25, -0.2) is 0 Å². The fourth-order valence-corrected chi connectivity index (χ4v) is 2.98. The molecule has 1 atom stereocenters. The molecule has 1 unspecified atom stereocenters. The summed E-state index contributed by atoms with van der Waals surface area (Å²) in [6.45, 7) is 5.84. The monoisotopic (exact) mass is 279 g/mol. The Morgan fingerprint density at radius 2 is 1.95 bits per heavy atom.